The number of carbonyl (C=O) groups excluding carboxylic acids is 1. The van der Waals surface area contributed by atoms with Gasteiger partial charge in [-0.2, -0.15) is 0 Å². The molecule has 0 bridgehead atoms. The van der Waals surface area contributed by atoms with Crippen LogP contribution >= 0.6 is 0 Å². The lowest BCUT2D eigenvalue weighted by Gasteiger charge is -2.30. The summed E-state index contributed by atoms with van der Waals surface area (Å²) in [5.41, 5.74) is 6.89. The van der Waals surface area contributed by atoms with Gasteiger partial charge in [0.25, 0.3) is 0 Å². The zero-order valence-corrected chi connectivity index (χ0v) is 8.65. The van der Waals surface area contributed by atoms with Crippen LogP contribution in [-0.4, -0.2) is 19.0 Å². The Kier molecular flexibility index (Phi) is 3.02. The minimum Gasteiger partial charge on any atom is -0.356 e. The van der Waals surface area contributed by atoms with Crippen LogP contribution in [0, 0.1) is 5.92 Å². The van der Waals surface area contributed by atoms with Gasteiger partial charge in [0.2, 0.25) is 5.91 Å². The van der Waals surface area contributed by atoms with Gasteiger partial charge in [0, 0.05) is 13.1 Å². The van der Waals surface area contributed by atoms with Gasteiger partial charge in [0.15, 0.2) is 0 Å². The topological polar surface area (TPSA) is 55.1 Å². The van der Waals surface area contributed by atoms with E-state index in [-0.39, 0.29) is 17.7 Å². The van der Waals surface area contributed by atoms with E-state index in [1.165, 1.54) is 5.56 Å². The van der Waals surface area contributed by atoms with Crippen molar-refractivity contribution in [3.63, 3.8) is 0 Å². The maximum atomic E-state index is 11.6. The molecule has 80 valence electrons. The summed E-state index contributed by atoms with van der Waals surface area (Å²) in [6.45, 7) is 1.18. The van der Waals surface area contributed by atoms with E-state index in [0.29, 0.717) is 6.54 Å². The van der Waals surface area contributed by atoms with E-state index in [0.717, 1.165) is 13.0 Å². The minimum absolute atomic E-state index is 0.0684. The first-order valence-corrected chi connectivity index (χ1v) is 5.35. The van der Waals surface area contributed by atoms with E-state index in [4.69, 9.17) is 5.73 Å². The third-order valence-electron chi connectivity index (χ3n) is 3.06. The highest BCUT2D eigenvalue weighted by Crippen LogP contribution is 2.29. The Bertz CT molecular complexity index is 337. The number of benzene rings is 1. The van der Waals surface area contributed by atoms with E-state index >= 15 is 0 Å². The molecule has 15 heavy (non-hydrogen) atoms. The van der Waals surface area contributed by atoms with Crippen molar-refractivity contribution in [1.29, 1.82) is 0 Å². The second kappa shape index (κ2) is 4.45. The smallest absolute Gasteiger partial charge is 0.225 e. The quantitative estimate of drug-likeness (QED) is 0.751. The zero-order chi connectivity index (χ0) is 10.7. The van der Waals surface area contributed by atoms with E-state index in [9.17, 15) is 4.79 Å². The lowest BCUT2D eigenvalue weighted by molar-refractivity contribution is -0.127. The third kappa shape index (κ3) is 2.02. The molecular weight excluding hydrogens is 188 g/mol. The van der Waals surface area contributed by atoms with Gasteiger partial charge in [-0.25, -0.2) is 0 Å². The predicted octanol–water partition coefficient (Wildman–Crippen LogP) is 0.865. The van der Waals surface area contributed by atoms with Crippen molar-refractivity contribution in [2.75, 3.05) is 13.1 Å². The number of hydrogen-bond acceptors (Lipinski definition) is 2. The summed E-state index contributed by atoms with van der Waals surface area (Å²) in [5.74, 6) is 0.309. The molecule has 1 aliphatic rings. The zero-order valence-electron chi connectivity index (χ0n) is 8.65. The highest BCUT2D eigenvalue weighted by molar-refractivity contribution is 5.80. The Morgan fingerprint density at radius 2 is 2.07 bits per heavy atom. The van der Waals surface area contributed by atoms with Crippen LogP contribution in [-0.2, 0) is 4.79 Å². The Labute approximate surface area is 89.7 Å². The van der Waals surface area contributed by atoms with Crippen molar-refractivity contribution >= 4 is 5.91 Å². The summed E-state index contributed by atoms with van der Waals surface area (Å²) in [6, 6.07) is 10.2. The van der Waals surface area contributed by atoms with Crippen molar-refractivity contribution in [3.8, 4) is 0 Å². The van der Waals surface area contributed by atoms with Gasteiger partial charge in [-0.05, 0) is 17.9 Å². The van der Waals surface area contributed by atoms with Gasteiger partial charge in [0.1, 0.15) is 0 Å². The van der Waals surface area contributed by atoms with E-state index in [1.54, 1.807) is 0 Å². The normalized spacial score (nSPS) is 26.1. The highest BCUT2D eigenvalue weighted by atomic mass is 16.1. The fourth-order valence-electron chi connectivity index (χ4n) is 2.24. The molecule has 0 radical (unpaired) electrons. The van der Waals surface area contributed by atoms with Crippen molar-refractivity contribution in [3.05, 3.63) is 35.9 Å². The van der Waals surface area contributed by atoms with Gasteiger partial charge >= 0.3 is 0 Å². The molecule has 1 aliphatic heterocycles. The van der Waals surface area contributed by atoms with Crippen LogP contribution in [0.4, 0.5) is 0 Å². The monoisotopic (exact) mass is 204 g/mol. The first-order chi connectivity index (χ1) is 7.33. The van der Waals surface area contributed by atoms with Crippen molar-refractivity contribution < 1.29 is 4.79 Å². The van der Waals surface area contributed by atoms with Gasteiger partial charge in [-0.3, -0.25) is 4.79 Å². The van der Waals surface area contributed by atoms with Gasteiger partial charge in [0.05, 0.1) is 5.92 Å². The van der Waals surface area contributed by atoms with Crippen LogP contribution in [0.3, 0.4) is 0 Å². The Hall–Kier alpha value is -1.35. The molecular formula is C12H16N2O. The molecule has 1 amide bonds. The molecule has 0 aromatic heterocycles. The summed E-state index contributed by atoms with van der Waals surface area (Å²) in [4.78, 5) is 11.6. The number of amides is 1. The Morgan fingerprint density at radius 3 is 2.73 bits per heavy atom. The molecule has 0 unspecified atom stereocenters. The molecule has 2 atom stereocenters. The first-order valence-electron chi connectivity index (χ1n) is 5.35. The summed E-state index contributed by atoms with van der Waals surface area (Å²) in [7, 11) is 0. The van der Waals surface area contributed by atoms with E-state index in [2.05, 4.69) is 17.4 Å². The fourth-order valence-corrected chi connectivity index (χ4v) is 2.24. The average Bonchev–Trinajstić information content (AvgIpc) is 2.30. The highest BCUT2D eigenvalue weighted by Gasteiger charge is 2.31. The summed E-state index contributed by atoms with van der Waals surface area (Å²) >= 11 is 0. The molecule has 1 aromatic carbocycles. The molecule has 3 nitrogen and oxygen atoms in total. The molecule has 1 heterocycles. The van der Waals surface area contributed by atoms with Gasteiger partial charge in [-0.15, -0.1) is 0 Å². The lowest BCUT2D eigenvalue weighted by Crippen LogP contribution is -2.44. The van der Waals surface area contributed by atoms with Gasteiger partial charge < -0.3 is 11.1 Å². The van der Waals surface area contributed by atoms with E-state index < -0.39 is 0 Å². The molecule has 0 saturated carbocycles. The maximum absolute atomic E-state index is 11.6. The lowest BCUT2D eigenvalue weighted by atomic mass is 9.81. The summed E-state index contributed by atoms with van der Waals surface area (Å²) in [5, 5.41) is 2.86. The van der Waals surface area contributed by atoms with Crippen LogP contribution in [0.2, 0.25) is 0 Å². The number of nitrogens with one attached hydrogen (secondary N) is 1. The predicted molar refractivity (Wildman–Crippen MR) is 59.4 cm³/mol. The van der Waals surface area contributed by atoms with Crippen LogP contribution in [0.25, 0.3) is 0 Å². The molecule has 1 aromatic rings. The summed E-state index contributed by atoms with van der Waals surface area (Å²) in [6.07, 6.45) is 0.984. The molecule has 3 heteroatoms. The van der Waals surface area contributed by atoms with Crippen LogP contribution in [0.15, 0.2) is 30.3 Å². The second-order valence-corrected chi connectivity index (χ2v) is 3.94. The molecule has 1 saturated heterocycles. The SMILES string of the molecule is NC[C@H]1C(=O)NCC[C@@H]1c1ccccc1. The molecule has 1 fully saturated rings. The van der Waals surface area contributed by atoms with Gasteiger partial charge in [-0.1, -0.05) is 30.3 Å². The van der Waals surface area contributed by atoms with E-state index in [1.807, 2.05) is 18.2 Å². The Morgan fingerprint density at radius 1 is 1.33 bits per heavy atom. The van der Waals surface area contributed by atoms with Crippen molar-refractivity contribution in [1.82, 2.24) is 5.32 Å². The fraction of sp³-hybridized carbons (Fsp3) is 0.417. The minimum atomic E-state index is -0.0684. The second-order valence-electron chi connectivity index (χ2n) is 3.94. The number of hydrogen-bond donors (Lipinski definition) is 2. The van der Waals surface area contributed by atoms with Crippen LogP contribution < -0.4 is 11.1 Å². The summed E-state index contributed by atoms with van der Waals surface area (Å²) < 4.78 is 0. The number of piperidine rings is 1. The number of carbonyl (C=O) groups is 1. The average molecular weight is 204 g/mol. The Balaban J connectivity index is 2.23. The molecule has 0 spiro atoms. The van der Waals surface area contributed by atoms with Crippen molar-refractivity contribution in [2.45, 2.75) is 12.3 Å². The first kappa shape index (κ1) is 10.2. The number of nitrogens with two attached hydrogens (primary N) is 1. The molecule has 3 N–H and O–H groups in total. The third-order valence-corrected chi connectivity index (χ3v) is 3.06. The number of rotatable bonds is 2. The molecule has 2 rings (SSSR count). The van der Waals surface area contributed by atoms with Crippen LogP contribution in [0.1, 0.15) is 17.9 Å². The van der Waals surface area contributed by atoms with Crippen molar-refractivity contribution in [2.24, 2.45) is 11.7 Å². The maximum Gasteiger partial charge on any atom is 0.225 e. The largest absolute Gasteiger partial charge is 0.356 e. The standard InChI is InChI=1S/C12H16N2O/c13-8-11-10(6-7-14-12(11)15)9-4-2-1-3-5-9/h1-5,10-11H,6-8,13H2,(H,14,15)/t10-,11-/m1/s1. The molecule has 0 aliphatic carbocycles. The van der Waals surface area contributed by atoms with Crippen LogP contribution in [0.5, 0.6) is 0 Å².